The molecule has 0 radical (unpaired) electrons. The van der Waals surface area contributed by atoms with Gasteiger partial charge >= 0.3 is 0 Å². The van der Waals surface area contributed by atoms with E-state index in [1.165, 1.54) is 0 Å². The van der Waals surface area contributed by atoms with Crippen molar-refractivity contribution >= 4 is 22.5 Å². The third-order valence-corrected chi connectivity index (χ3v) is 4.23. The summed E-state index contributed by atoms with van der Waals surface area (Å²) in [6, 6.07) is 20.0. The van der Waals surface area contributed by atoms with Gasteiger partial charge in [0.15, 0.2) is 0 Å². The van der Waals surface area contributed by atoms with Gasteiger partial charge in [-0.15, -0.1) is 11.8 Å². The number of aliphatic hydroxyl groups is 1. The minimum atomic E-state index is -0.492. The molecule has 1 heterocycles. The number of hydrogen-bond acceptors (Lipinski definition) is 3. The smallest absolute Gasteiger partial charge is 0.0960 e. The van der Waals surface area contributed by atoms with E-state index in [9.17, 15) is 5.11 Å². The summed E-state index contributed by atoms with van der Waals surface area (Å²) in [6.45, 7) is 0. The highest BCUT2D eigenvalue weighted by atomic mass is 32.2. The predicted molar refractivity (Wildman–Crippen MR) is 83.9 cm³/mol. The monoisotopic (exact) mass is 281 g/mol. The number of hydrogen-bond donors (Lipinski definition) is 1. The Balaban J connectivity index is 1.80. The molecule has 100 valence electrons. The quantitative estimate of drug-likeness (QED) is 0.732. The Bertz CT molecular complexity index is 694. The fraction of sp³-hybridized carbons (Fsp3) is 0.118. The fourth-order valence-corrected chi connectivity index (χ4v) is 3.05. The molecule has 1 aromatic heterocycles. The molecule has 3 heteroatoms. The molecule has 0 fully saturated rings. The highest BCUT2D eigenvalue weighted by Gasteiger charge is 2.11. The lowest BCUT2D eigenvalue weighted by atomic mass is 10.0. The summed E-state index contributed by atoms with van der Waals surface area (Å²) in [5, 5.41) is 13.6. The zero-order valence-corrected chi connectivity index (χ0v) is 11.8. The van der Waals surface area contributed by atoms with Crippen LogP contribution in [0.5, 0.6) is 0 Å². The average molecular weight is 281 g/mol. The Morgan fingerprint density at radius 1 is 0.950 bits per heavy atom. The number of rotatable bonds is 4. The van der Waals surface area contributed by atoms with Crippen LogP contribution in [-0.2, 0) is 0 Å². The van der Waals surface area contributed by atoms with Crippen LogP contribution in [0.1, 0.15) is 11.7 Å². The lowest BCUT2D eigenvalue weighted by Crippen LogP contribution is -2.01. The van der Waals surface area contributed by atoms with E-state index in [0.29, 0.717) is 5.75 Å². The molecule has 0 aliphatic carbocycles. The van der Waals surface area contributed by atoms with Gasteiger partial charge in [0, 0.05) is 11.9 Å². The Hall–Kier alpha value is -1.84. The van der Waals surface area contributed by atoms with Crippen LogP contribution in [0.25, 0.3) is 10.8 Å². The average Bonchev–Trinajstić information content (AvgIpc) is 2.53. The van der Waals surface area contributed by atoms with Crippen molar-refractivity contribution in [3.05, 3.63) is 72.4 Å². The van der Waals surface area contributed by atoms with Crippen molar-refractivity contribution in [3.63, 3.8) is 0 Å². The molecule has 0 saturated heterocycles. The van der Waals surface area contributed by atoms with Crippen LogP contribution >= 0.6 is 11.8 Å². The van der Waals surface area contributed by atoms with Crippen LogP contribution in [0.4, 0.5) is 0 Å². The summed E-state index contributed by atoms with van der Waals surface area (Å²) >= 11 is 1.57. The van der Waals surface area contributed by atoms with Crippen LogP contribution in [0.15, 0.2) is 71.9 Å². The second kappa shape index (κ2) is 6.07. The number of aromatic nitrogens is 1. The maximum Gasteiger partial charge on any atom is 0.0960 e. The van der Waals surface area contributed by atoms with E-state index >= 15 is 0 Å². The van der Waals surface area contributed by atoms with Gasteiger partial charge in [-0.1, -0.05) is 48.5 Å². The molecule has 3 rings (SSSR count). The van der Waals surface area contributed by atoms with Crippen molar-refractivity contribution in [1.82, 2.24) is 4.98 Å². The Morgan fingerprint density at radius 3 is 2.60 bits per heavy atom. The number of fused-ring (bicyclic) bond motifs is 1. The lowest BCUT2D eigenvalue weighted by molar-refractivity contribution is 0.205. The van der Waals surface area contributed by atoms with Gasteiger partial charge in [-0.3, -0.25) is 0 Å². The van der Waals surface area contributed by atoms with Gasteiger partial charge in [0.2, 0.25) is 0 Å². The lowest BCUT2D eigenvalue weighted by Gasteiger charge is -2.13. The Kier molecular flexibility index (Phi) is 4.00. The third-order valence-electron chi connectivity index (χ3n) is 3.21. The highest BCUT2D eigenvalue weighted by molar-refractivity contribution is 7.99. The van der Waals surface area contributed by atoms with E-state index in [1.807, 2.05) is 42.5 Å². The molecule has 1 unspecified atom stereocenters. The van der Waals surface area contributed by atoms with Crippen LogP contribution in [0.2, 0.25) is 0 Å². The van der Waals surface area contributed by atoms with Crippen molar-refractivity contribution in [2.75, 3.05) is 5.75 Å². The summed E-state index contributed by atoms with van der Waals surface area (Å²) < 4.78 is 0. The second-order valence-corrected chi connectivity index (χ2v) is 5.60. The van der Waals surface area contributed by atoms with Crippen LogP contribution in [0.3, 0.4) is 0 Å². The summed E-state index contributed by atoms with van der Waals surface area (Å²) in [5.41, 5.74) is 0.978. The summed E-state index contributed by atoms with van der Waals surface area (Å²) in [6.07, 6.45) is 1.28. The standard InChI is InChI=1S/C17H15NOS/c19-16(12-20-17-10-3-4-11-18-17)15-9-5-7-13-6-1-2-8-14(13)15/h1-11,16,19H,12H2. The van der Waals surface area contributed by atoms with Crippen molar-refractivity contribution in [2.24, 2.45) is 0 Å². The molecular weight excluding hydrogens is 266 g/mol. The molecule has 2 nitrogen and oxygen atoms in total. The number of aliphatic hydroxyl groups excluding tert-OH is 1. The largest absolute Gasteiger partial charge is 0.388 e. The molecule has 2 aromatic carbocycles. The maximum absolute atomic E-state index is 10.4. The highest BCUT2D eigenvalue weighted by Crippen LogP contribution is 2.28. The summed E-state index contributed by atoms with van der Waals surface area (Å²) in [7, 11) is 0. The number of benzene rings is 2. The van der Waals surface area contributed by atoms with Gasteiger partial charge in [0.1, 0.15) is 0 Å². The summed E-state index contributed by atoms with van der Waals surface area (Å²) in [4.78, 5) is 4.26. The van der Waals surface area contributed by atoms with Crippen molar-refractivity contribution < 1.29 is 5.11 Å². The molecule has 1 atom stereocenters. The molecule has 3 aromatic rings. The number of pyridine rings is 1. The fourth-order valence-electron chi connectivity index (χ4n) is 2.23. The van der Waals surface area contributed by atoms with E-state index in [0.717, 1.165) is 21.4 Å². The van der Waals surface area contributed by atoms with Crippen molar-refractivity contribution in [2.45, 2.75) is 11.1 Å². The van der Waals surface area contributed by atoms with Gasteiger partial charge in [-0.25, -0.2) is 4.98 Å². The Labute approximate surface area is 122 Å². The van der Waals surface area contributed by atoms with Crippen LogP contribution in [0, 0.1) is 0 Å². The number of nitrogens with zero attached hydrogens (tertiary/aromatic N) is 1. The molecule has 20 heavy (non-hydrogen) atoms. The first-order chi connectivity index (χ1) is 9.84. The minimum absolute atomic E-state index is 0.492. The third kappa shape index (κ3) is 2.84. The van der Waals surface area contributed by atoms with Crippen molar-refractivity contribution in [3.8, 4) is 0 Å². The van der Waals surface area contributed by atoms with Gasteiger partial charge in [-0.05, 0) is 28.5 Å². The van der Waals surface area contributed by atoms with E-state index in [1.54, 1.807) is 18.0 Å². The van der Waals surface area contributed by atoms with Gasteiger partial charge in [0.05, 0.1) is 11.1 Å². The maximum atomic E-state index is 10.4. The molecular formula is C17H15NOS. The first kappa shape index (κ1) is 13.2. The van der Waals surface area contributed by atoms with Gasteiger partial charge in [0.25, 0.3) is 0 Å². The minimum Gasteiger partial charge on any atom is -0.388 e. The van der Waals surface area contributed by atoms with Gasteiger partial charge < -0.3 is 5.11 Å². The first-order valence-electron chi connectivity index (χ1n) is 6.54. The topological polar surface area (TPSA) is 33.1 Å². The number of thioether (sulfide) groups is 1. The SMILES string of the molecule is OC(CSc1ccccn1)c1cccc2ccccc12. The normalized spacial score (nSPS) is 12.4. The molecule has 0 amide bonds. The Morgan fingerprint density at radius 2 is 1.75 bits per heavy atom. The molecule has 1 N–H and O–H groups in total. The molecule has 0 saturated carbocycles. The zero-order chi connectivity index (χ0) is 13.8. The molecule has 0 aliphatic heterocycles. The zero-order valence-electron chi connectivity index (χ0n) is 10.9. The van der Waals surface area contributed by atoms with E-state index in [4.69, 9.17) is 0 Å². The van der Waals surface area contributed by atoms with Crippen LogP contribution < -0.4 is 0 Å². The van der Waals surface area contributed by atoms with E-state index in [2.05, 4.69) is 23.2 Å². The molecule has 0 spiro atoms. The van der Waals surface area contributed by atoms with E-state index < -0.39 is 6.10 Å². The molecule has 0 bridgehead atoms. The van der Waals surface area contributed by atoms with Gasteiger partial charge in [-0.2, -0.15) is 0 Å². The van der Waals surface area contributed by atoms with Crippen molar-refractivity contribution in [1.29, 1.82) is 0 Å². The van der Waals surface area contributed by atoms with E-state index in [-0.39, 0.29) is 0 Å². The molecule has 0 aliphatic rings. The predicted octanol–water partition coefficient (Wildman–Crippen LogP) is 4.06. The second-order valence-electron chi connectivity index (χ2n) is 4.56. The summed E-state index contributed by atoms with van der Waals surface area (Å²) in [5.74, 6) is 0.602. The first-order valence-corrected chi connectivity index (χ1v) is 7.53. The van der Waals surface area contributed by atoms with Crippen LogP contribution in [-0.4, -0.2) is 15.8 Å².